The maximum Gasteiger partial charge on any atom is 0.308 e. The van der Waals surface area contributed by atoms with Crippen molar-refractivity contribution in [1.82, 2.24) is 4.90 Å². The average Bonchev–Trinajstić information content (AvgIpc) is 3.22. The summed E-state index contributed by atoms with van der Waals surface area (Å²) in [6, 6.07) is 5.37. The summed E-state index contributed by atoms with van der Waals surface area (Å²) in [4.78, 5) is 25.2. The van der Waals surface area contributed by atoms with Crippen molar-refractivity contribution >= 4 is 23.5 Å². The summed E-state index contributed by atoms with van der Waals surface area (Å²) in [7, 11) is 0. The van der Waals surface area contributed by atoms with Gasteiger partial charge >= 0.3 is 5.97 Å². The van der Waals surface area contributed by atoms with Gasteiger partial charge in [-0.05, 0) is 37.5 Å². The SMILES string of the molecule is Cc1ccc(C(=O)N(CC(C)C(=O)O)C2CC2)cc1Cl. The Bertz CT molecular complexity index is 540. The second kappa shape index (κ2) is 5.83. The molecule has 1 N–H and O–H groups in total. The number of rotatable bonds is 5. The molecule has 1 unspecified atom stereocenters. The van der Waals surface area contributed by atoms with Crippen molar-refractivity contribution in [2.24, 2.45) is 5.92 Å². The molecular formula is C15H18ClNO3. The van der Waals surface area contributed by atoms with E-state index in [0.29, 0.717) is 10.6 Å². The summed E-state index contributed by atoms with van der Waals surface area (Å²) in [5, 5.41) is 9.56. The first-order chi connectivity index (χ1) is 9.40. The third kappa shape index (κ3) is 3.31. The predicted molar refractivity (Wildman–Crippen MR) is 77.0 cm³/mol. The maximum atomic E-state index is 12.5. The topological polar surface area (TPSA) is 57.6 Å². The van der Waals surface area contributed by atoms with Crippen LogP contribution in [0.2, 0.25) is 5.02 Å². The van der Waals surface area contributed by atoms with E-state index in [1.807, 2.05) is 6.92 Å². The standard InChI is InChI=1S/C15H18ClNO3/c1-9-3-4-11(7-13(9)16)14(18)17(12-5-6-12)8-10(2)15(19)20/h3-4,7,10,12H,5-6,8H2,1-2H3,(H,19,20). The van der Waals surface area contributed by atoms with Gasteiger partial charge < -0.3 is 10.0 Å². The molecule has 0 bridgehead atoms. The zero-order chi connectivity index (χ0) is 14.9. The smallest absolute Gasteiger partial charge is 0.308 e. The van der Waals surface area contributed by atoms with Crippen LogP contribution in [0.4, 0.5) is 0 Å². The highest BCUT2D eigenvalue weighted by Gasteiger charge is 2.34. The van der Waals surface area contributed by atoms with Crippen LogP contribution in [-0.2, 0) is 4.79 Å². The molecule has 0 heterocycles. The number of benzene rings is 1. The van der Waals surface area contributed by atoms with Crippen LogP contribution in [0.1, 0.15) is 35.7 Å². The summed E-state index contributed by atoms with van der Waals surface area (Å²) in [5.74, 6) is -1.59. The van der Waals surface area contributed by atoms with Crippen molar-refractivity contribution in [3.8, 4) is 0 Å². The van der Waals surface area contributed by atoms with Gasteiger partial charge in [0.05, 0.1) is 5.92 Å². The van der Waals surface area contributed by atoms with Crippen LogP contribution < -0.4 is 0 Å². The fourth-order valence-electron chi connectivity index (χ4n) is 2.05. The van der Waals surface area contributed by atoms with Crippen LogP contribution in [0.25, 0.3) is 0 Å². The van der Waals surface area contributed by atoms with Gasteiger partial charge in [-0.15, -0.1) is 0 Å². The molecule has 1 aliphatic rings. The van der Waals surface area contributed by atoms with Gasteiger partial charge in [0.25, 0.3) is 5.91 Å². The van der Waals surface area contributed by atoms with Crippen LogP contribution in [0.3, 0.4) is 0 Å². The van der Waals surface area contributed by atoms with Crippen LogP contribution in [-0.4, -0.2) is 34.5 Å². The zero-order valence-electron chi connectivity index (χ0n) is 11.6. The summed E-state index contributed by atoms with van der Waals surface area (Å²) in [6.45, 7) is 3.74. The molecule has 1 saturated carbocycles. The Balaban J connectivity index is 2.18. The number of amides is 1. The maximum absolute atomic E-state index is 12.5. The van der Waals surface area contributed by atoms with Crippen LogP contribution in [0.5, 0.6) is 0 Å². The van der Waals surface area contributed by atoms with Crippen molar-refractivity contribution in [3.63, 3.8) is 0 Å². The first-order valence-electron chi connectivity index (χ1n) is 6.70. The normalized spacial score (nSPS) is 15.8. The monoisotopic (exact) mass is 295 g/mol. The van der Waals surface area contributed by atoms with E-state index in [0.717, 1.165) is 18.4 Å². The minimum atomic E-state index is -0.884. The summed E-state index contributed by atoms with van der Waals surface area (Å²) >= 11 is 6.05. The Morgan fingerprint density at radius 1 is 1.45 bits per heavy atom. The second-order valence-electron chi connectivity index (χ2n) is 5.39. The first-order valence-corrected chi connectivity index (χ1v) is 7.08. The fourth-order valence-corrected chi connectivity index (χ4v) is 2.23. The molecule has 1 aliphatic carbocycles. The molecule has 4 nitrogen and oxygen atoms in total. The highest BCUT2D eigenvalue weighted by molar-refractivity contribution is 6.31. The molecule has 1 amide bonds. The summed E-state index contributed by atoms with van der Waals surface area (Å²) in [6.07, 6.45) is 1.88. The molecule has 1 atom stereocenters. The molecule has 5 heteroatoms. The van der Waals surface area contributed by atoms with E-state index >= 15 is 0 Å². The molecule has 2 rings (SSSR count). The molecule has 1 aromatic rings. The van der Waals surface area contributed by atoms with Gasteiger partial charge in [-0.25, -0.2) is 0 Å². The van der Waals surface area contributed by atoms with Crippen molar-refractivity contribution in [1.29, 1.82) is 0 Å². The largest absolute Gasteiger partial charge is 0.481 e. The average molecular weight is 296 g/mol. The van der Waals surface area contributed by atoms with E-state index in [-0.39, 0.29) is 18.5 Å². The molecule has 108 valence electrons. The van der Waals surface area contributed by atoms with Crippen molar-refractivity contribution < 1.29 is 14.7 Å². The lowest BCUT2D eigenvalue weighted by molar-refractivity contribution is -0.141. The van der Waals surface area contributed by atoms with E-state index in [2.05, 4.69) is 0 Å². The van der Waals surface area contributed by atoms with Gasteiger partial charge in [0.2, 0.25) is 0 Å². The third-order valence-electron chi connectivity index (χ3n) is 3.56. The quantitative estimate of drug-likeness (QED) is 0.908. The minimum absolute atomic E-state index is 0.137. The van der Waals surface area contributed by atoms with E-state index in [1.54, 1.807) is 30.0 Å². The van der Waals surface area contributed by atoms with Crippen molar-refractivity contribution in [2.75, 3.05) is 6.54 Å². The highest BCUT2D eigenvalue weighted by Crippen LogP contribution is 2.29. The van der Waals surface area contributed by atoms with Crippen molar-refractivity contribution in [3.05, 3.63) is 34.3 Å². The molecule has 0 spiro atoms. The highest BCUT2D eigenvalue weighted by atomic mass is 35.5. The number of carbonyl (C=O) groups is 2. The number of carboxylic acids is 1. The number of hydrogen-bond donors (Lipinski definition) is 1. The van der Waals surface area contributed by atoms with E-state index < -0.39 is 11.9 Å². The Morgan fingerprint density at radius 3 is 2.60 bits per heavy atom. The summed E-state index contributed by atoms with van der Waals surface area (Å²) in [5.41, 5.74) is 1.44. The molecule has 1 fully saturated rings. The Kier molecular flexibility index (Phi) is 4.33. The molecule has 0 radical (unpaired) electrons. The minimum Gasteiger partial charge on any atom is -0.481 e. The van der Waals surface area contributed by atoms with Gasteiger partial charge in [0.1, 0.15) is 0 Å². The molecule has 20 heavy (non-hydrogen) atoms. The van der Waals surface area contributed by atoms with Crippen LogP contribution >= 0.6 is 11.6 Å². The fraction of sp³-hybridized carbons (Fsp3) is 0.467. The van der Waals surface area contributed by atoms with Gasteiger partial charge in [-0.2, -0.15) is 0 Å². The van der Waals surface area contributed by atoms with Gasteiger partial charge in [0.15, 0.2) is 0 Å². The lowest BCUT2D eigenvalue weighted by atomic mass is 10.1. The molecule has 0 aromatic heterocycles. The lowest BCUT2D eigenvalue weighted by Crippen LogP contribution is -2.38. The Labute approximate surface area is 123 Å². The number of nitrogens with zero attached hydrogens (tertiary/aromatic N) is 1. The number of carbonyl (C=O) groups excluding carboxylic acids is 1. The molecule has 0 aliphatic heterocycles. The molecule has 1 aromatic carbocycles. The predicted octanol–water partition coefficient (Wildman–Crippen LogP) is 2.97. The second-order valence-corrected chi connectivity index (χ2v) is 5.80. The zero-order valence-corrected chi connectivity index (χ0v) is 12.4. The van der Waals surface area contributed by atoms with Gasteiger partial charge in [0, 0.05) is 23.2 Å². The van der Waals surface area contributed by atoms with Crippen LogP contribution in [0, 0.1) is 12.8 Å². The number of aryl methyl sites for hydroxylation is 1. The Hall–Kier alpha value is -1.55. The Morgan fingerprint density at radius 2 is 2.10 bits per heavy atom. The number of hydrogen-bond acceptors (Lipinski definition) is 2. The van der Waals surface area contributed by atoms with E-state index in [1.165, 1.54) is 0 Å². The number of halogens is 1. The first kappa shape index (κ1) is 14.9. The number of carboxylic acid groups (broad SMARTS) is 1. The summed E-state index contributed by atoms with van der Waals surface area (Å²) < 4.78 is 0. The van der Waals surface area contributed by atoms with E-state index in [4.69, 9.17) is 16.7 Å². The third-order valence-corrected chi connectivity index (χ3v) is 3.97. The number of aliphatic carboxylic acids is 1. The lowest BCUT2D eigenvalue weighted by Gasteiger charge is -2.24. The van der Waals surface area contributed by atoms with E-state index in [9.17, 15) is 9.59 Å². The van der Waals surface area contributed by atoms with Gasteiger partial charge in [-0.1, -0.05) is 24.6 Å². The molecular weight excluding hydrogens is 278 g/mol. The van der Waals surface area contributed by atoms with Crippen LogP contribution in [0.15, 0.2) is 18.2 Å². The van der Waals surface area contributed by atoms with Gasteiger partial charge in [-0.3, -0.25) is 9.59 Å². The van der Waals surface area contributed by atoms with Crippen molar-refractivity contribution in [2.45, 2.75) is 32.7 Å². The molecule has 0 saturated heterocycles.